The number of nitrogens with one attached hydrogen (secondary N) is 1. The van der Waals surface area contributed by atoms with E-state index in [1.807, 2.05) is 152 Å². The minimum atomic E-state index is -2.21. The van der Waals surface area contributed by atoms with Gasteiger partial charge in [0, 0.05) is 7.11 Å². The fourth-order valence-corrected chi connectivity index (χ4v) is 7.84. The van der Waals surface area contributed by atoms with Gasteiger partial charge in [-0.3, -0.25) is 19.3 Å². The zero-order valence-electron chi connectivity index (χ0n) is 36.8. The summed E-state index contributed by atoms with van der Waals surface area (Å²) in [6.45, 7) is 4.06. The van der Waals surface area contributed by atoms with Gasteiger partial charge in [-0.1, -0.05) is 164 Å². The highest BCUT2D eigenvalue weighted by Crippen LogP contribution is 2.40. The molecule has 2 aliphatic heterocycles. The fourth-order valence-electron chi connectivity index (χ4n) is 7.84. The van der Waals surface area contributed by atoms with E-state index in [0.717, 1.165) is 10.5 Å². The average molecular weight is 887 g/mol. The molecular formula is C54H50N2O10. The van der Waals surface area contributed by atoms with Gasteiger partial charge in [-0.15, -0.1) is 0 Å². The van der Waals surface area contributed by atoms with Crippen molar-refractivity contribution >= 4 is 23.8 Å². The highest BCUT2D eigenvalue weighted by Gasteiger charge is 2.67. The normalized spacial score (nSPS) is 17.9. The molecule has 66 heavy (non-hydrogen) atoms. The van der Waals surface area contributed by atoms with Crippen LogP contribution in [0.4, 0.5) is 0 Å². The smallest absolute Gasteiger partial charge is 0.356 e. The van der Waals surface area contributed by atoms with Crippen molar-refractivity contribution in [3.05, 3.63) is 221 Å². The number of allylic oxidation sites excluding steroid dienone is 1. The van der Waals surface area contributed by atoms with Crippen molar-refractivity contribution < 1.29 is 47.6 Å². The van der Waals surface area contributed by atoms with E-state index in [1.54, 1.807) is 38.1 Å². The molecule has 336 valence electrons. The van der Waals surface area contributed by atoms with Crippen molar-refractivity contribution in [2.75, 3.05) is 20.3 Å². The minimum absolute atomic E-state index is 0.00289. The van der Waals surface area contributed by atoms with Gasteiger partial charge in [0.15, 0.2) is 24.4 Å². The van der Waals surface area contributed by atoms with E-state index in [9.17, 15) is 19.2 Å². The summed E-state index contributed by atoms with van der Waals surface area (Å²) in [6, 6.07) is 53.1. The molecule has 0 radical (unpaired) electrons. The molecule has 12 nitrogen and oxygen atoms in total. The number of epoxide rings is 1. The number of carbonyl (C=O) groups excluding carboxylic acids is 4. The van der Waals surface area contributed by atoms with E-state index >= 15 is 0 Å². The summed E-state index contributed by atoms with van der Waals surface area (Å²) >= 11 is 0. The molecule has 2 saturated heterocycles. The highest BCUT2D eigenvalue weighted by atomic mass is 16.6. The molecule has 0 saturated carbocycles. The molecule has 2 fully saturated rings. The summed E-state index contributed by atoms with van der Waals surface area (Å²) in [5.74, 6) is -4.58. The molecule has 6 aromatic rings. The van der Waals surface area contributed by atoms with Crippen LogP contribution in [0.1, 0.15) is 65.4 Å². The molecule has 4 unspecified atom stereocenters. The molecule has 4 atom stereocenters. The van der Waals surface area contributed by atoms with Crippen molar-refractivity contribution in [3.63, 3.8) is 0 Å². The Morgan fingerprint density at radius 1 is 0.667 bits per heavy atom. The molecule has 0 aromatic heterocycles. The number of esters is 2. The Labute approximate surface area is 383 Å². The Morgan fingerprint density at radius 3 is 1.59 bits per heavy atom. The predicted molar refractivity (Wildman–Crippen MR) is 244 cm³/mol. The number of carbonyl (C=O) groups is 4. The quantitative estimate of drug-likeness (QED) is 0.0211. The van der Waals surface area contributed by atoms with Crippen molar-refractivity contribution in [2.45, 2.75) is 56.6 Å². The lowest BCUT2D eigenvalue weighted by atomic mass is 9.92. The van der Waals surface area contributed by atoms with Gasteiger partial charge in [-0.25, -0.2) is 4.79 Å². The van der Waals surface area contributed by atoms with Gasteiger partial charge in [0.1, 0.15) is 24.2 Å². The zero-order chi connectivity index (χ0) is 46.0. The Kier molecular flexibility index (Phi) is 14.1. The van der Waals surface area contributed by atoms with Crippen LogP contribution in [0.15, 0.2) is 187 Å². The number of nitrogens with zero attached hydrogens (tertiary/aromatic N) is 1. The van der Waals surface area contributed by atoms with Gasteiger partial charge in [0.05, 0.1) is 13.2 Å². The van der Waals surface area contributed by atoms with Crippen molar-refractivity contribution in [1.82, 2.24) is 10.2 Å². The Bertz CT molecular complexity index is 2540. The minimum Gasteiger partial charge on any atom is -0.489 e. The molecule has 12 heteroatoms. The van der Waals surface area contributed by atoms with Crippen LogP contribution < -0.4 is 10.1 Å². The van der Waals surface area contributed by atoms with Gasteiger partial charge < -0.3 is 33.7 Å². The highest BCUT2D eigenvalue weighted by molar-refractivity contribution is 6.08. The van der Waals surface area contributed by atoms with Gasteiger partial charge >= 0.3 is 11.9 Å². The summed E-state index contributed by atoms with van der Waals surface area (Å²) in [5.41, 5.74) is 2.13. The van der Waals surface area contributed by atoms with E-state index in [0.29, 0.717) is 46.8 Å². The first kappa shape index (κ1) is 45.2. The number of likely N-dealkylation sites (tertiary alicyclic amines) is 1. The summed E-state index contributed by atoms with van der Waals surface area (Å²) in [7, 11) is 1.24. The second-order valence-corrected chi connectivity index (χ2v) is 16.1. The number of hydrogen-bond donors (Lipinski definition) is 1. The molecule has 2 amide bonds. The van der Waals surface area contributed by atoms with Crippen LogP contribution >= 0.6 is 0 Å². The van der Waals surface area contributed by atoms with Gasteiger partial charge in [0.25, 0.3) is 11.6 Å². The number of hydrogen-bond acceptors (Lipinski definition) is 10. The Hall–Kier alpha value is -7.38. The van der Waals surface area contributed by atoms with Crippen LogP contribution in [0.25, 0.3) is 0 Å². The first-order chi connectivity index (χ1) is 32.2. The van der Waals surface area contributed by atoms with Crippen LogP contribution in [0.5, 0.6) is 5.75 Å². The van der Waals surface area contributed by atoms with Crippen molar-refractivity contribution in [3.8, 4) is 5.75 Å². The maximum absolute atomic E-state index is 15.0. The molecule has 0 bridgehead atoms. The maximum Gasteiger partial charge on any atom is 0.356 e. The second kappa shape index (κ2) is 20.6. The first-order valence-corrected chi connectivity index (χ1v) is 21.7. The SMILES string of the molecule is COC1(NC(=O)C(C(=O)OC(c2ccccc2)c2ccccc2)c2ccc(OCc3ccccc3)cc2)C(=O)N(C(C(=O)OC(c2ccccc2)c2ccccc2)=C(C)C)C1OCC1CO1. The van der Waals surface area contributed by atoms with E-state index in [4.69, 9.17) is 28.4 Å². The van der Waals surface area contributed by atoms with E-state index < -0.39 is 53.8 Å². The van der Waals surface area contributed by atoms with Crippen molar-refractivity contribution in [1.29, 1.82) is 0 Å². The lowest BCUT2D eigenvalue weighted by Gasteiger charge is -2.54. The predicted octanol–water partition coefficient (Wildman–Crippen LogP) is 8.35. The lowest BCUT2D eigenvalue weighted by Crippen LogP contribution is -2.82. The molecule has 0 aliphatic carbocycles. The molecule has 2 aliphatic rings. The van der Waals surface area contributed by atoms with Crippen molar-refractivity contribution in [2.24, 2.45) is 0 Å². The third kappa shape index (κ3) is 10.1. The zero-order valence-corrected chi connectivity index (χ0v) is 36.8. The Morgan fingerprint density at radius 2 is 1.14 bits per heavy atom. The van der Waals surface area contributed by atoms with Gasteiger partial charge in [0.2, 0.25) is 5.91 Å². The molecule has 1 N–H and O–H groups in total. The largest absolute Gasteiger partial charge is 0.489 e. The fraction of sp³-hybridized carbons (Fsp3) is 0.222. The molecule has 0 spiro atoms. The van der Waals surface area contributed by atoms with E-state index in [2.05, 4.69) is 5.32 Å². The van der Waals surface area contributed by atoms with Crippen LogP contribution in [-0.4, -0.2) is 67.0 Å². The molecule has 6 aromatic carbocycles. The number of β-lactam (4-membered cyclic amide) rings is 1. The summed E-state index contributed by atoms with van der Waals surface area (Å²) in [5, 5.41) is 2.75. The average Bonchev–Trinajstić information content (AvgIpc) is 4.19. The third-order valence-electron chi connectivity index (χ3n) is 11.3. The molecule has 8 rings (SSSR count). The number of rotatable bonds is 19. The topological polar surface area (TPSA) is 142 Å². The number of amides is 2. The van der Waals surface area contributed by atoms with E-state index in [1.165, 1.54) is 7.11 Å². The lowest BCUT2D eigenvalue weighted by molar-refractivity contribution is -0.256. The van der Waals surface area contributed by atoms with Crippen LogP contribution in [0.2, 0.25) is 0 Å². The maximum atomic E-state index is 15.0. The standard InChI is InChI=1S/C54H50N2O10/c1-36(2)46(51(59)66-48(41-25-15-7-16-26-41)42-27-17-8-18-28-42)56-52(60)54(61-3,53(56)64-35-44-34-63-44)55-49(57)45(38-29-31-43(32-30-38)62-33-37-19-9-4-10-20-37)50(58)65-47(39-21-11-5-12-22-39)40-23-13-6-14-24-40/h4-32,44-45,47-48,53H,33-35H2,1-3H3,(H,55,57). The molecular weight excluding hydrogens is 837 g/mol. The van der Waals surface area contributed by atoms with Crippen LogP contribution in [-0.2, 0) is 49.5 Å². The monoisotopic (exact) mass is 886 g/mol. The summed E-state index contributed by atoms with van der Waals surface area (Å²) in [4.78, 5) is 60.1. The van der Waals surface area contributed by atoms with Gasteiger partial charge in [-0.05, 0) is 64.9 Å². The van der Waals surface area contributed by atoms with Gasteiger partial charge in [-0.2, -0.15) is 0 Å². The third-order valence-corrected chi connectivity index (χ3v) is 11.3. The number of methoxy groups -OCH3 is 1. The number of benzene rings is 6. The second-order valence-electron chi connectivity index (χ2n) is 16.1. The Balaban J connectivity index is 1.11. The van der Waals surface area contributed by atoms with E-state index in [-0.39, 0.29) is 24.0 Å². The first-order valence-electron chi connectivity index (χ1n) is 21.7. The summed E-state index contributed by atoms with van der Waals surface area (Å²) in [6.07, 6.45) is -3.40. The molecule has 2 heterocycles. The van der Waals surface area contributed by atoms with Crippen LogP contribution in [0, 0.1) is 0 Å². The summed E-state index contributed by atoms with van der Waals surface area (Å²) < 4.78 is 36.2. The van der Waals surface area contributed by atoms with Crippen LogP contribution in [0.3, 0.4) is 0 Å². The number of ether oxygens (including phenoxy) is 6.